The zero-order valence-electron chi connectivity index (χ0n) is 12.7. The van der Waals surface area contributed by atoms with E-state index in [1.165, 1.54) is 0 Å². The lowest BCUT2D eigenvalue weighted by Crippen LogP contribution is -2.44. The zero-order valence-corrected chi connectivity index (χ0v) is 12.7. The van der Waals surface area contributed by atoms with Gasteiger partial charge in [0.05, 0.1) is 0 Å². The van der Waals surface area contributed by atoms with Crippen LogP contribution >= 0.6 is 0 Å². The molecule has 1 aromatic heterocycles. The van der Waals surface area contributed by atoms with Crippen LogP contribution in [0.15, 0.2) is 4.52 Å². The summed E-state index contributed by atoms with van der Waals surface area (Å²) < 4.78 is 5.34. The molecule has 116 valence electrons. The molecule has 1 saturated heterocycles. The molecule has 2 aliphatic rings. The summed E-state index contributed by atoms with van der Waals surface area (Å²) in [6, 6.07) is 0. The molecule has 21 heavy (non-hydrogen) atoms. The minimum absolute atomic E-state index is 0.0000319. The Morgan fingerprint density at radius 3 is 2.71 bits per heavy atom. The number of likely N-dealkylation sites (tertiary alicyclic amines) is 1. The number of carbonyl (C=O) groups is 1. The third-order valence-electron chi connectivity index (χ3n) is 5.35. The Labute approximate surface area is 125 Å². The van der Waals surface area contributed by atoms with Gasteiger partial charge in [-0.1, -0.05) is 12.1 Å². The number of aryl methyl sites for hydroxylation is 1. The number of piperidine rings is 1. The van der Waals surface area contributed by atoms with Crippen LogP contribution < -0.4 is 0 Å². The molecule has 1 amide bonds. The van der Waals surface area contributed by atoms with Gasteiger partial charge in [-0.2, -0.15) is 0 Å². The Morgan fingerprint density at radius 2 is 2.05 bits per heavy atom. The van der Waals surface area contributed by atoms with Gasteiger partial charge in [0.15, 0.2) is 5.69 Å². The molecule has 2 heterocycles. The van der Waals surface area contributed by atoms with E-state index in [4.69, 9.17) is 4.52 Å². The third-order valence-corrected chi connectivity index (χ3v) is 5.35. The first-order valence-electron chi connectivity index (χ1n) is 8.07. The predicted molar refractivity (Wildman–Crippen MR) is 78.1 cm³/mol. The SMILES string of the molecule is CCC1(CO)CCN(C(=O)c2noc3c2CCCC3)CC1. The van der Waals surface area contributed by atoms with E-state index in [-0.39, 0.29) is 17.9 Å². The molecule has 0 spiro atoms. The fourth-order valence-corrected chi connectivity index (χ4v) is 3.51. The topological polar surface area (TPSA) is 66.6 Å². The molecule has 0 bridgehead atoms. The van der Waals surface area contributed by atoms with Gasteiger partial charge in [0, 0.05) is 31.7 Å². The third kappa shape index (κ3) is 2.59. The molecule has 0 radical (unpaired) electrons. The number of hydrogen-bond donors (Lipinski definition) is 1. The molecule has 0 saturated carbocycles. The number of amides is 1. The minimum Gasteiger partial charge on any atom is -0.396 e. The molecule has 0 aromatic carbocycles. The van der Waals surface area contributed by atoms with Crippen LogP contribution in [0.5, 0.6) is 0 Å². The molecule has 5 heteroatoms. The van der Waals surface area contributed by atoms with Crippen LogP contribution in [0.25, 0.3) is 0 Å². The van der Waals surface area contributed by atoms with Crippen molar-refractivity contribution in [1.29, 1.82) is 0 Å². The molecular formula is C16H24N2O3. The summed E-state index contributed by atoms with van der Waals surface area (Å²) in [5.74, 6) is 0.907. The van der Waals surface area contributed by atoms with Crippen molar-refractivity contribution in [3.63, 3.8) is 0 Å². The molecule has 0 unspecified atom stereocenters. The smallest absolute Gasteiger partial charge is 0.276 e. The lowest BCUT2D eigenvalue weighted by Gasteiger charge is -2.40. The van der Waals surface area contributed by atoms with Crippen molar-refractivity contribution in [2.75, 3.05) is 19.7 Å². The van der Waals surface area contributed by atoms with Gasteiger partial charge in [-0.25, -0.2) is 0 Å². The summed E-state index contributed by atoms with van der Waals surface area (Å²) in [5.41, 5.74) is 1.55. The maximum absolute atomic E-state index is 12.7. The number of hydrogen-bond acceptors (Lipinski definition) is 4. The first kappa shape index (κ1) is 14.6. The summed E-state index contributed by atoms with van der Waals surface area (Å²) in [7, 11) is 0. The van der Waals surface area contributed by atoms with Crippen molar-refractivity contribution in [2.45, 2.75) is 51.9 Å². The quantitative estimate of drug-likeness (QED) is 0.927. The van der Waals surface area contributed by atoms with Gasteiger partial charge >= 0.3 is 0 Å². The highest BCUT2D eigenvalue weighted by Gasteiger charge is 2.36. The Bertz CT molecular complexity index is 510. The van der Waals surface area contributed by atoms with Crippen molar-refractivity contribution >= 4 is 5.91 Å². The number of carbonyl (C=O) groups excluding carboxylic acids is 1. The van der Waals surface area contributed by atoms with E-state index in [0.29, 0.717) is 18.8 Å². The largest absolute Gasteiger partial charge is 0.396 e. The first-order chi connectivity index (χ1) is 10.2. The lowest BCUT2D eigenvalue weighted by molar-refractivity contribution is 0.0332. The van der Waals surface area contributed by atoms with Crippen LogP contribution in [0, 0.1) is 5.41 Å². The minimum atomic E-state index is 0.0000319. The molecule has 1 aromatic rings. The fourth-order valence-electron chi connectivity index (χ4n) is 3.51. The number of nitrogens with zero attached hydrogens (tertiary/aromatic N) is 2. The van der Waals surface area contributed by atoms with Crippen molar-refractivity contribution in [2.24, 2.45) is 5.41 Å². The van der Waals surface area contributed by atoms with Gasteiger partial charge < -0.3 is 14.5 Å². The van der Waals surface area contributed by atoms with Crippen LogP contribution in [0.3, 0.4) is 0 Å². The van der Waals surface area contributed by atoms with Crippen LogP contribution in [-0.2, 0) is 12.8 Å². The molecule has 3 rings (SSSR count). The molecule has 0 atom stereocenters. The molecule has 1 aliphatic carbocycles. The Kier molecular flexibility index (Phi) is 4.02. The van der Waals surface area contributed by atoms with Crippen molar-refractivity contribution < 1.29 is 14.4 Å². The van der Waals surface area contributed by atoms with E-state index in [2.05, 4.69) is 12.1 Å². The van der Waals surface area contributed by atoms with E-state index >= 15 is 0 Å². The summed E-state index contributed by atoms with van der Waals surface area (Å²) in [5, 5.41) is 13.6. The molecular weight excluding hydrogens is 268 g/mol. The van der Waals surface area contributed by atoms with Crippen molar-refractivity contribution in [3.8, 4) is 0 Å². The Hall–Kier alpha value is -1.36. The van der Waals surface area contributed by atoms with Crippen LogP contribution in [0.4, 0.5) is 0 Å². The fraction of sp³-hybridized carbons (Fsp3) is 0.750. The number of fused-ring (bicyclic) bond motifs is 1. The van der Waals surface area contributed by atoms with Crippen LogP contribution in [0.1, 0.15) is 60.8 Å². The highest BCUT2D eigenvalue weighted by molar-refractivity contribution is 5.94. The maximum atomic E-state index is 12.7. The number of aromatic nitrogens is 1. The highest BCUT2D eigenvalue weighted by atomic mass is 16.5. The molecule has 1 fully saturated rings. The zero-order chi connectivity index (χ0) is 14.9. The lowest BCUT2D eigenvalue weighted by atomic mass is 9.77. The van der Waals surface area contributed by atoms with E-state index in [1.807, 2.05) is 4.90 Å². The molecule has 5 nitrogen and oxygen atoms in total. The Morgan fingerprint density at radius 1 is 1.33 bits per heavy atom. The second-order valence-electron chi connectivity index (χ2n) is 6.44. The van der Waals surface area contributed by atoms with E-state index in [9.17, 15) is 9.90 Å². The van der Waals surface area contributed by atoms with Gasteiger partial charge in [0.2, 0.25) is 0 Å². The van der Waals surface area contributed by atoms with Gasteiger partial charge in [-0.15, -0.1) is 0 Å². The summed E-state index contributed by atoms with van der Waals surface area (Å²) >= 11 is 0. The number of aliphatic hydroxyl groups excluding tert-OH is 1. The van der Waals surface area contributed by atoms with E-state index < -0.39 is 0 Å². The summed E-state index contributed by atoms with van der Waals surface area (Å²) in [6.07, 6.45) is 6.73. The van der Waals surface area contributed by atoms with Gasteiger partial charge in [-0.05, 0) is 43.9 Å². The average molecular weight is 292 g/mol. The number of rotatable bonds is 3. The van der Waals surface area contributed by atoms with Crippen molar-refractivity contribution in [1.82, 2.24) is 10.1 Å². The molecule has 1 aliphatic heterocycles. The van der Waals surface area contributed by atoms with Crippen LogP contribution in [0.2, 0.25) is 0 Å². The van der Waals surface area contributed by atoms with Gasteiger partial charge in [-0.3, -0.25) is 4.79 Å². The van der Waals surface area contributed by atoms with Gasteiger partial charge in [0.1, 0.15) is 5.76 Å². The summed E-state index contributed by atoms with van der Waals surface area (Å²) in [6.45, 7) is 3.73. The van der Waals surface area contributed by atoms with Gasteiger partial charge in [0.25, 0.3) is 5.91 Å². The second kappa shape index (κ2) is 5.79. The first-order valence-corrected chi connectivity index (χ1v) is 8.07. The maximum Gasteiger partial charge on any atom is 0.276 e. The normalized spacial score (nSPS) is 21.1. The highest BCUT2D eigenvalue weighted by Crippen LogP contribution is 2.35. The van der Waals surface area contributed by atoms with E-state index in [1.54, 1.807) is 0 Å². The summed E-state index contributed by atoms with van der Waals surface area (Å²) in [4.78, 5) is 14.5. The monoisotopic (exact) mass is 292 g/mol. The predicted octanol–water partition coefficient (Wildman–Crippen LogP) is 2.18. The van der Waals surface area contributed by atoms with Crippen molar-refractivity contribution in [3.05, 3.63) is 17.0 Å². The standard InChI is InChI=1S/C16H24N2O3/c1-2-16(11-19)7-9-18(10-8-16)15(20)14-12-5-3-4-6-13(12)21-17-14/h19H,2-11H2,1H3. The average Bonchev–Trinajstić information content (AvgIpc) is 2.98. The number of aliphatic hydroxyl groups is 1. The van der Waals surface area contributed by atoms with E-state index in [0.717, 1.165) is 56.3 Å². The molecule has 1 N–H and O–H groups in total. The Balaban J connectivity index is 1.71. The second-order valence-corrected chi connectivity index (χ2v) is 6.44. The van der Waals surface area contributed by atoms with Crippen LogP contribution in [-0.4, -0.2) is 40.8 Å².